The zero-order chi connectivity index (χ0) is 18.6. The van der Waals surface area contributed by atoms with Crippen LogP contribution in [0.5, 0.6) is 0 Å². The van der Waals surface area contributed by atoms with E-state index in [0.717, 1.165) is 19.3 Å². The van der Waals surface area contributed by atoms with Gasteiger partial charge in [-0.3, -0.25) is 0 Å². The van der Waals surface area contributed by atoms with Gasteiger partial charge in [0, 0.05) is 17.3 Å². The Kier molecular flexibility index (Phi) is 4.72. The molecule has 0 aromatic carbocycles. The van der Waals surface area contributed by atoms with Gasteiger partial charge in [-0.15, -0.1) is 0 Å². The maximum atomic E-state index is 11.9. The molecule has 2 aliphatic carbocycles. The molecule has 142 valence electrons. The van der Waals surface area contributed by atoms with Crippen molar-refractivity contribution in [3.05, 3.63) is 12.2 Å². The number of rotatable bonds is 3. The highest BCUT2D eigenvalue weighted by atomic mass is 16.8. The Labute approximate surface area is 152 Å². The number of fused-ring (bicyclic) bond motifs is 3. The second-order valence-electron chi connectivity index (χ2n) is 9.46. The maximum absolute atomic E-state index is 11.9. The SMILES string of the molecule is CC[C@@H](C)/C=C\[C@H]1[C@@H](C)C2OC(=O)OC2[C@H]2C(C)(C)CCC(O)[C@]12C. The molecule has 0 aromatic heterocycles. The Morgan fingerprint density at radius 1 is 1.28 bits per heavy atom. The van der Waals surface area contributed by atoms with E-state index in [-0.39, 0.29) is 46.9 Å². The second-order valence-corrected chi connectivity index (χ2v) is 9.46. The van der Waals surface area contributed by atoms with Crippen LogP contribution in [0.4, 0.5) is 4.79 Å². The van der Waals surface area contributed by atoms with Gasteiger partial charge in [-0.25, -0.2) is 4.79 Å². The lowest BCUT2D eigenvalue weighted by atomic mass is 9.44. The molecule has 4 nitrogen and oxygen atoms in total. The molecule has 0 radical (unpaired) electrons. The molecular formula is C21H34O4. The number of carbonyl (C=O) groups is 1. The van der Waals surface area contributed by atoms with E-state index in [1.54, 1.807) is 0 Å². The first-order chi connectivity index (χ1) is 11.6. The summed E-state index contributed by atoms with van der Waals surface area (Å²) in [5.74, 6) is 0.879. The monoisotopic (exact) mass is 350 g/mol. The third-order valence-corrected chi connectivity index (χ3v) is 7.50. The van der Waals surface area contributed by atoms with Crippen LogP contribution in [0, 0.1) is 34.5 Å². The molecule has 3 aliphatic rings. The number of allylic oxidation sites excluding steroid dienone is 2. The fraction of sp³-hybridized carbons (Fsp3) is 0.857. The summed E-state index contributed by atoms with van der Waals surface area (Å²) in [5, 5.41) is 11.1. The summed E-state index contributed by atoms with van der Waals surface area (Å²) in [6, 6.07) is 0. The van der Waals surface area contributed by atoms with Gasteiger partial charge in [-0.1, -0.05) is 60.1 Å². The summed E-state index contributed by atoms with van der Waals surface area (Å²) >= 11 is 0. The van der Waals surface area contributed by atoms with Gasteiger partial charge >= 0.3 is 6.16 Å². The number of hydrogen-bond acceptors (Lipinski definition) is 4. The predicted octanol–water partition coefficient (Wildman–Crippen LogP) is 4.56. The number of aliphatic hydroxyl groups is 1. The third-order valence-electron chi connectivity index (χ3n) is 7.50. The van der Waals surface area contributed by atoms with Crippen LogP contribution in [-0.4, -0.2) is 29.6 Å². The number of ether oxygens (including phenoxy) is 2. The summed E-state index contributed by atoms with van der Waals surface area (Å²) in [7, 11) is 0. The second kappa shape index (κ2) is 6.29. The van der Waals surface area contributed by atoms with Gasteiger partial charge < -0.3 is 14.6 Å². The Bertz CT molecular complexity index is 554. The van der Waals surface area contributed by atoms with Crippen LogP contribution >= 0.6 is 0 Å². The molecule has 3 unspecified atom stereocenters. The zero-order valence-corrected chi connectivity index (χ0v) is 16.5. The summed E-state index contributed by atoms with van der Waals surface area (Å²) in [6.07, 6.45) is 5.97. The van der Waals surface area contributed by atoms with Crippen molar-refractivity contribution in [2.75, 3.05) is 0 Å². The number of aliphatic hydroxyl groups excluding tert-OH is 1. The topological polar surface area (TPSA) is 55.8 Å². The minimum absolute atomic E-state index is 0.00647. The Morgan fingerprint density at radius 2 is 1.92 bits per heavy atom. The minimum atomic E-state index is -0.549. The molecule has 25 heavy (non-hydrogen) atoms. The molecule has 0 bridgehead atoms. The molecule has 1 N–H and O–H groups in total. The van der Waals surface area contributed by atoms with E-state index in [1.807, 2.05) is 0 Å². The van der Waals surface area contributed by atoms with Gasteiger partial charge in [0.1, 0.15) is 12.2 Å². The Balaban J connectivity index is 2.07. The van der Waals surface area contributed by atoms with Crippen molar-refractivity contribution < 1.29 is 19.4 Å². The first kappa shape index (κ1) is 18.8. The van der Waals surface area contributed by atoms with Gasteiger partial charge in [0.2, 0.25) is 0 Å². The van der Waals surface area contributed by atoms with Crippen molar-refractivity contribution in [3.63, 3.8) is 0 Å². The van der Waals surface area contributed by atoms with Gasteiger partial charge in [-0.2, -0.15) is 0 Å². The maximum Gasteiger partial charge on any atom is 0.509 e. The third kappa shape index (κ3) is 2.81. The van der Waals surface area contributed by atoms with Crippen molar-refractivity contribution in [1.29, 1.82) is 0 Å². The highest BCUT2D eigenvalue weighted by Gasteiger charge is 2.67. The van der Waals surface area contributed by atoms with E-state index >= 15 is 0 Å². The van der Waals surface area contributed by atoms with Crippen LogP contribution in [0.2, 0.25) is 0 Å². The van der Waals surface area contributed by atoms with E-state index < -0.39 is 6.16 Å². The van der Waals surface area contributed by atoms with Crippen molar-refractivity contribution in [1.82, 2.24) is 0 Å². The molecule has 4 heteroatoms. The van der Waals surface area contributed by atoms with Crippen LogP contribution in [0.1, 0.15) is 60.8 Å². The zero-order valence-electron chi connectivity index (χ0n) is 16.5. The summed E-state index contributed by atoms with van der Waals surface area (Å²) < 4.78 is 11.2. The summed E-state index contributed by atoms with van der Waals surface area (Å²) in [4.78, 5) is 11.9. The molecule has 0 amide bonds. The predicted molar refractivity (Wildman–Crippen MR) is 97.0 cm³/mol. The summed E-state index contributed by atoms with van der Waals surface area (Å²) in [6.45, 7) is 13.2. The molecule has 3 fully saturated rings. The van der Waals surface area contributed by atoms with Crippen LogP contribution in [0.15, 0.2) is 12.2 Å². The van der Waals surface area contributed by atoms with Crippen molar-refractivity contribution in [3.8, 4) is 0 Å². The molecule has 2 saturated carbocycles. The minimum Gasteiger partial charge on any atom is -0.427 e. The van der Waals surface area contributed by atoms with E-state index in [9.17, 15) is 9.90 Å². The summed E-state index contributed by atoms with van der Waals surface area (Å²) in [5.41, 5.74) is -0.326. The van der Waals surface area contributed by atoms with Crippen LogP contribution < -0.4 is 0 Å². The van der Waals surface area contributed by atoms with E-state index in [4.69, 9.17) is 9.47 Å². The molecule has 1 heterocycles. The lowest BCUT2D eigenvalue weighted by molar-refractivity contribution is -0.203. The number of hydrogen-bond donors (Lipinski definition) is 1. The lowest BCUT2D eigenvalue weighted by Crippen LogP contribution is -2.65. The fourth-order valence-corrected chi connectivity index (χ4v) is 5.90. The smallest absolute Gasteiger partial charge is 0.427 e. The highest BCUT2D eigenvalue weighted by molar-refractivity contribution is 5.63. The van der Waals surface area contributed by atoms with E-state index in [0.29, 0.717) is 5.92 Å². The van der Waals surface area contributed by atoms with Crippen molar-refractivity contribution in [2.45, 2.75) is 79.1 Å². The molecule has 0 aromatic rings. The molecule has 1 aliphatic heterocycles. The van der Waals surface area contributed by atoms with Crippen LogP contribution in [-0.2, 0) is 9.47 Å². The van der Waals surface area contributed by atoms with Crippen LogP contribution in [0.25, 0.3) is 0 Å². The number of carbonyl (C=O) groups excluding carboxylic acids is 1. The van der Waals surface area contributed by atoms with E-state index in [2.05, 4.69) is 53.7 Å². The van der Waals surface area contributed by atoms with Gasteiger partial charge in [0.05, 0.1) is 6.10 Å². The molecule has 3 rings (SSSR count). The van der Waals surface area contributed by atoms with E-state index in [1.165, 1.54) is 0 Å². The molecule has 8 atom stereocenters. The normalized spacial score (nSPS) is 46.9. The van der Waals surface area contributed by atoms with Crippen LogP contribution in [0.3, 0.4) is 0 Å². The quantitative estimate of drug-likeness (QED) is 0.599. The fourth-order valence-electron chi connectivity index (χ4n) is 5.90. The molecule has 0 spiro atoms. The molecule has 1 saturated heterocycles. The Hall–Kier alpha value is -1.03. The van der Waals surface area contributed by atoms with Gasteiger partial charge in [-0.05, 0) is 30.1 Å². The average Bonchev–Trinajstić information content (AvgIpc) is 2.92. The average molecular weight is 350 g/mol. The first-order valence-corrected chi connectivity index (χ1v) is 9.86. The lowest BCUT2D eigenvalue weighted by Gasteiger charge is -2.62. The largest absolute Gasteiger partial charge is 0.509 e. The first-order valence-electron chi connectivity index (χ1n) is 9.86. The van der Waals surface area contributed by atoms with Gasteiger partial charge in [0.25, 0.3) is 0 Å². The Morgan fingerprint density at radius 3 is 2.56 bits per heavy atom. The standard InChI is InChI=1S/C21H34O4/c1-7-12(2)8-9-14-13(3)16-17(25-19(23)24-16)18-20(4,5)11-10-15(22)21(14,18)6/h8-9,12-18,22H,7,10-11H2,1-6H3/b9-8-/t12-,13-,14+,15?,16?,17?,18+,21+/m1/s1. The van der Waals surface area contributed by atoms with Crippen molar-refractivity contribution >= 4 is 6.16 Å². The van der Waals surface area contributed by atoms with Crippen molar-refractivity contribution in [2.24, 2.45) is 34.5 Å². The molecular weight excluding hydrogens is 316 g/mol. The van der Waals surface area contributed by atoms with Gasteiger partial charge in [0.15, 0.2) is 0 Å². The highest BCUT2D eigenvalue weighted by Crippen LogP contribution is 2.63.